The number of halogens is 3. The molecule has 152 valence electrons. The van der Waals surface area contributed by atoms with Gasteiger partial charge in [-0.25, -0.2) is 18.0 Å². The highest BCUT2D eigenvalue weighted by Crippen LogP contribution is 2.33. The number of thiophene rings is 1. The van der Waals surface area contributed by atoms with E-state index in [2.05, 4.69) is 10.4 Å². The van der Waals surface area contributed by atoms with Gasteiger partial charge in [-0.1, -0.05) is 6.07 Å². The topological polar surface area (TPSA) is 77.1 Å². The summed E-state index contributed by atoms with van der Waals surface area (Å²) in [6.07, 6.45) is 0. The molecule has 2 heterocycles. The van der Waals surface area contributed by atoms with Gasteiger partial charge in [-0.3, -0.25) is 4.79 Å². The van der Waals surface area contributed by atoms with Gasteiger partial charge >= 0.3 is 5.76 Å². The van der Waals surface area contributed by atoms with Gasteiger partial charge in [0.25, 0.3) is 5.91 Å². The molecule has 0 fully saturated rings. The van der Waals surface area contributed by atoms with Crippen molar-refractivity contribution in [1.29, 1.82) is 0 Å². The quantitative estimate of drug-likeness (QED) is 0.518. The first kappa shape index (κ1) is 19.6. The molecule has 10 heteroatoms. The number of nitrogens with one attached hydrogen (secondary N) is 1. The summed E-state index contributed by atoms with van der Waals surface area (Å²) >= 11 is 0.937. The lowest BCUT2D eigenvalue weighted by atomic mass is 10.1. The van der Waals surface area contributed by atoms with Crippen LogP contribution in [0.5, 0.6) is 0 Å². The number of para-hydroxylation sites is 1. The fourth-order valence-corrected chi connectivity index (χ4v) is 3.63. The zero-order chi connectivity index (χ0) is 21.4. The number of aryl methyl sites for hydroxylation is 1. The molecular weight excluding hydrogens is 419 g/mol. The van der Waals surface area contributed by atoms with Crippen LogP contribution in [0, 0.1) is 17.5 Å². The van der Waals surface area contributed by atoms with Gasteiger partial charge in [0.2, 0.25) is 5.89 Å². The van der Waals surface area contributed by atoms with Gasteiger partial charge < -0.3 is 9.73 Å². The van der Waals surface area contributed by atoms with Crippen molar-refractivity contribution in [3.63, 3.8) is 0 Å². The van der Waals surface area contributed by atoms with Crippen LogP contribution in [-0.4, -0.2) is 15.7 Å². The first-order chi connectivity index (χ1) is 14.3. The maximum Gasteiger partial charge on any atom is 0.437 e. The van der Waals surface area contributed by atoms with Gasteiger partial charge in [0.15, 0.2) is 0 Å². The van der Waals surface area contributed by atoms with Crippen LogP contribution in [-0.2, 0) is 7.05 Å². The Hall–Kier alpha value is -3.66. The fraction of sp³-hybridized carbons (Fsp3) is 0.0500. The van der Waals surface area contributed by atoms with Crippen molar-refractivity contribution in [3.8, 4) is 21.9 Å². The van der Waals surface area contributed by atoms with Crippen molar-refractivity contribution in [1.82, 2.24) is 9.78 Å². The standard InChI is InChI=1S/C20H12F3N3O3S/c1-26-20(28)29-19(25-26)10-5-6-12(21)11(9-10)15-7-8-16(30-15)18(27)24-17-13(22)3-2-4-14(17)23/h2-9H,1H3,(H,24,27). The molecule has 2 aromatic heterocycles. The zero-order valence-electron chi connectivity index (χ0n) is 15.3. The Kier molecular flexibility index (Phi) is 5.00. The van der Waals surface area contributed by atoms with Crippen molar-refractivity contribution in [2.75, 3.05) is 5.32 Å². The second kappa shape index (κ2) is 7.64. The highest BCUT2D eigenvalue weighted by Gasteiger charge is 2.18. The van der Waals surface area contributed by atoms with Crippen LogP contribution in [0.3, 0.4) is 0 Å². The molecule has 2 aromatic carbocycles. The van der Waals surface area contributed by atoms with E-state index in [9.17, 15) is 22.8 Å². The molecule has 4 rings (SSSR count). The molecule has 0 saturated heterocycles. The van der Waals surface area contributed by atoms with Crippen molar-refractivity contribution >= 4 is 22.9 Å². The SMILES string of the molecule is Cn1nc(-c2ccc(F)c(-c3ccc(C(=O)Nc4c(F)cccc4F)s3)c2)oc1=O. The summed E-state index contributed by atoms with van der Waals surface area (Å²) < 4.78 is 47.9. The Labute approximate surface area is 171 Å². The molecule has 0 aliphatic heterocycles. The number of carbonyl (C=O) groups excluding carboxylic acids is 1. The lowest BCUT2D eigenvalue weighted by molar-refractivity contribution is 0.102. The summed E-state index contributed by atoms with van der Waals surface area (Å²) in [6.45, 7) is 0. The predicted octanol–water partition coefficient (Wildman–Crippen LogP) is 4.44. The third-order valence-electron chi connectivity index (χ3n) is 4.20. The first-order valence-corrected chi connectivity index (χ1v) is 9.35. The van der Waals surface area contributed by atoms with Gasteiger partial charge in [0.1, 0.15) is 23.1 Å². The molecule has 0 radical (unpaired) electrons. The molecule has 0 aliphatic carbocycles. The van der Waals surface area contributed by atoms with E-state index in [1.807, 2.05) is 0 Å². The normalized spacial score (nSPS) is 10.9. The van der Waals surface area contributed by atoms with Crippen LogP contribution in [0.15, 0.2) is 57.7 Å². The number of amides is 1. The molecule has 0 unspecified atom stereocenters. The van der Waals surface area contributed by atoms with Crippen LogP contribution < -0.4 is 11.1 Å². The molecule has 0 aliphatic rings. The number of hydrogen-bond acceptors (Lipinski definition) is 5. The minimum absolute atomic E-state index is 0.0216. The number of rotatable bonds is 4. The van der Waals surface area contributed by atoms with E-state index in [-0.39, 0.29) is 16.3 Å². The molecule has 1 N–H and O–H groups in total. The Bertz CT molecular complexity index is 1310. The largest absolute Gasteiger partial charge is 0.437 e. The Morgan fingerprint density at radius 1 is 1.07 bits per heavy atom. The number of benzene rings is 2. The number of hydrogen-bond donors (Lipinski definition) is 1. The first-order valence-electron chi connectivity index (χ1n) is 8.53. The second-order valence-electron chi connectivity index (χ2n) is 6.21. The molecule has 0 spiro atoms. The number of nitrogens with zero attached hydrogens (tertiary/aromatic N) is 2. The third-order valence-corrected chi connectivity index (χ3v) is 5.32. The summed E-state index contributed by atoms with van der Waals surface area (Å²) in [7, 11) is 1.42. The van der Waals surface area contributed by atoms with Crippen molar-refractivity contribution in [2.24, 2.45) is 7.05 Å². The van der Waals surface area contributed by atoms with Crippen LogP contribution in [0.4, 0.5) is 18.9 Å². The third kappa shape index (κ3) is 3.64. The maximum atomic E-state index is 14.4. The van der Waals surface area contributed by atoms with E-state index in [0.29, 0.717) is 10.4 Å². The van der Waals surface area contributed by atoms with Crippen molar-refractivity contribution < 1.29 is 22.4 Å². The number of carbonyl (C=O) groups is 1. The van der Waals surface area contributed by atoms with Crippen LogP contribution in [0.1, 0.15) is 9.67 Å². The average molecular weight is 431 g/mol. The smallest absolute Gasteiger partial charge is 0.388 e. The average Bonchev–Trinajstić information content (AvgIpc) is 3.32. The van der Waals surface area contributed by atoms with E-state index in [1.54, 1.807) is 0 Å². The summed E-state index contributed by atoms with van der Waals surface area (Å²) in [6, 6.07) is 10.2. The van der Waals surface area contributed by atoms with E-state index >= 15 is 0 Å². The molecule has 4 aromatic rings. The van der Waals surface area contributed by atoms with Gasteiger partial charge in [0.05, 0.1) is 4.88 Å². The lowest BCUT2D eigenvalue weighted by Gasteiger charge is -2.06. The van der Waals surface area contributed by atoms with Gasteiger partial charge in [-0.05, 0) is 42.5 Å². The number of anilines is 1. The Morgan fingerprint density at radius 3 is 2.47 bits per heavy atom. The highest BCUT2D eigenvalue weighted by molar-refractivity contribution is 7.17. The van der Waals surface area contributed by atoms with Gasteiger partial charge in [-0.15, -0.1) is 16.4 Å². The predicted molar refractivity (Wildman–Crippen MR) is 105 cm³/mol. The fourth-order valence-electron chi connectivity index (χ4n) is 2.71. The van der Waals surface area contributed by atoms with Gasteiger partial charge in [0, 0.05) is 23.1 Å². The van der Waals surface area contributed by atoms with E-state index in [4.69, 9.17) is 4.42 Å². The molecule has 0 bridgehead atoms. The Morgan fingerprint density at radius 2 is 1.80 bits per heavy atom. The van der Waals surface area contributed by atoms with E-state index in [0.717, 1.165) is 28.2 Å². The minimum atomic E-state index is -0.907. The monoisotopic (exact) mass is 431 g/mol. The minimum Gasteiger partial charge on any atom is -0.388 e. The maximum absolute atomic E-state index is 14.4. The molecule has 0 saturated carbocycles. The molecule has 6 nitrogen and oxygen atoms in total. The second-order valence-corrected chi connectivity index (χ2v) is 7.29. The van der Waals surface area contributed by atoms with E-state index in [1.165, 1.54) is 43.4 Å². The molecular formula is C20H12F3N3O3S. The summed E-state index contributed by atoms with van der Waals surface area (Å²) in [5, 5.41) is 6.11. The molecule has 30 heavy (non-hydrogen) atoms. The number of aromatic nitrogens is 2. The van der Waals surface area contributed by atoms with Crippen molar-refractivity contribution in [3.05, 3.63) is 81.4 Å². The highest BCUT2D eigenvalue weighted by atomic mass is 32.1. The summed E-state index contributed by atoms with van der Waals surface area (Å²) in [5.41, 5.74) is -0.0327. The van der Waals surface area contributed by atoms with Gasteiger partial charge in [-0.2, -0.15) is 4.68 Å². The van der Waals surface area contributed by atoms with E-state index < -0.39 is 34.8 Å². The summed E-state index contributed by atoms with van der Waals surface area (Å²) in [5.74, 6) is -3.75. The van der Waals surface area contributed by atoms with Crippen LogP contribution in [0.25, 0.3) is 21.9 Å². The van der Waals surface area contributed by atoms with Crippen molar-refractivity contribution in [2.45, 2.75) is 0 Å². The molecule has 0 atom stereocenters. The lowest BCUT2D eigenvalue weighted by Crippen LogP contribution is -2.12. The van der Waals surface area contributed by atoms with Crippen LogP contribution >= 0.6 is 11.3 Å². The van der Waals surface area contributed by atoms with Crippen LogP contribution in [0.2, 0.25) is 0 Å². The Balaban J connectivity index is 1.64. The zero-order valence-corrected chi connectivity index (χ0v) is 16.1. The molecule has 1 amide bonds. The summed E-state index contributed by atoms with van der Waals surface area (Å²) in [4.78, 5) is 24.4.